The van der Waals surface area contributed by atoms with Gasteiger partial charge in [0.25, 0.3) is 0 Å². The Morgan fingerprint density at radius 2 is 1.57 bits per heavy atom. The summed E-state index contributed by atoms with van der Waals surface area (Å²) in [6, 6.07) is 8.19. The standard InChI is InChI=1S/C8H7NS.2C2H6/c1-6-9-7-4-2-3-5-8(7)10-6;2*1-2/h2-5H,1H3;2*1-2H3. The van der Waals surface area contributed by atoms with Crippen LogP contribution in [0.25, 0.3) is 10.2 Å². The first-order chi connectivity index (χ1) is 6.86. The van der Waals surface area contributed by atoms with Crippen molar-refractivity contribution in [2.45, 2.75) is 34.6 Å². The number of fused-ring (bicyclic) bond motifs is 1. The van der Waals surface area contributed by atoms with Crippen molar-refractivity contribution in [1.82, 2.24) is 4.98 Å². The summed E-state index contributed by atoms with van der Waals surface area (Å²) in [6.07, 6.45) is 0. The third-order valence-corrected chi connectivity index (χ3v) is 2.35. The van der Waals surface area contributed by atoms with Crippen LogP contribution in [0.5, 0.6) is 0 Å². The lowest BCUT2D eigenvalue weighted by Crippen LogP contribution is -1.65. The molecule has 0 bridgehead atoms. The van der Waals surface area contributed by atoms with E-state index in [2.05, 4.69) is 11.1 Å². The third-order valence-electron chi connectivity index (χ3n) is 1.40. The Morgan fingerprint density at radius 3 is 2.14 bits per heavy atom. The van der Waals surface area contributed by atoms with Crippen molar-refractivity contribution in [3.8, 4) is 0 Å². The predicted octanol–water partition coefficient (Wildman–Crippen LogP) is 4.66. The Hall–Kier alpha value is -0.890. The van der Waals surface area contributed by atoms with Crippen LogP contribution in [0.4, 0.5) is 0 Å². The number of hydrogen-bond acceptors (Lipinski definition) is 2. The van der Waals surface area contributed by atoms with Crippen LogP contribution in [0.2, 0.25) is 0 Å². The average molecular weight is 209 g/mol. The van der Waals surface area contributed by atoms with Crippen LogP contribution in [0.15, 0.2) is 24.3 Å². The van der Waals surface area contributed by atoms with Gasteiger partial charge in [0.1, 0.15) is 0 Å². The molecule has 0 saturated heterocycles. The van der Waals surface area contributed by atoms with Crippen molar-refractivity contribution in [3.63, 3.8) is 0 Å². The molecule has 0 N–H and O–H groups in total. The van der Waals surface area contributed by atoms with Gasteiger partial charge in [-0.1, -0.05) is 39.8 Å². The molecule has 0 saturated carbocycles. The van der Waals surface area contributed by atoms with Gasteiger partial charge in [-0.25, -0.2) is 4.98 Å². The van der Waals surface area contributed by atoms with Crippen molar-refractivity contribution in [2.75, 3.05) is 0 Å². The van der Waals surface area contributed by atoms with Gasteiger partial charge in [0, 0.05) is 0 Å². The van der Waals surface area contributed by atoms with Gasteiger partial charge in [-0.05, 0) is 19.1 Å². The molecule has 2 heteroatoms. The number of benzene rings is 1. The van der Waals surface area contributed by atoms with Crippen LogP contribution in [-0.4, -0.2) is 4.98 Å². The zero-order valence-electron chi connectivity index (χ0n) is 9.66. The molecule has 0 spiro atoms. The predicted molar refractivity (Wildman–Crippen MR) is 67.1 cm³/mol. The minimum atomic E-state index is 1.12. The second-order valence-corrected chi connectivity index (χ2v) is 3.44. The highest BCUT2D eigenvalue weighted by Crippen LogP contribution is 2.19. The van der Waals surface area contributed by atoms with Crippen LogP contribution < -0.4 is 0 Å². The maximum atomic E-state index is 4.33. The largest absolute Gasteiger partial charge is 0.242 e. The summed E-state index contributed by atoms with van der Waals surface area (Å²) in [4.78, 5) is 4.33. The molecule has 0 radical (unpaired) electrons. The highest BCUT2D eigenvalue weighted by Gasteiger charge is 1.95. The summed E-state index contributed by atoms with van der Waals surface area (Å²) in [6.45, 7) is 10.0. The van der Waals surface area contributed by atoms with Gasteiger partial charge >= 0.3 is 0 Å². The summed E-state index contributed by atoms with van der Waals surface area (Å²) in [7, 11) is 0. The zero-order valence-corrected chi connectivity index (χ0v) is 10.5. The topological polar surface area (TPSA) is 12.9 Å². The fraction of sp³-hybridized carbons (Fsp3) is 0.417. The monoisotopic (exact) mass is 209 g/mol. The highest BCUT2D eigenvalue weighted by atomic mass is 32.1. The summed E-state index contributed by atoms with van der Waals surface area (Å²) in [5.41, 5.74) is 1.12. The van der Waals surface area contributed by atoms with Gasteiger partial charge in [0.15, 0.2) is 0 Å². The summed E-state index contributed by atoms with van der Waals surface area (Å²) >= 11 is 1.74. The molecule has 0 aliphatic rings. The van der Waals surface area contributed by atoms with Crippen LogP contribution >= 0.6 is 11.3 Å². The van der Waals surface area contributed by atoms with E-state index in [1.165, 1.54) is 4.70 Å². The smallest absolute Gasteiger partial charge is 0.0907 e. The van der Waals surface area contributed by atoms with Gasteiger partial charge in [0.2, 0.25) is 0 Å². The van der Waals surface area contributed by atoms with Crippen molar-refractivity contribution in [1.29, 1.82) is 0 Å². The Balaban J connectivity index is 0.000000379. The van der Waals surface area contributed by atoms with E-state index in [0.29, 0.717) is 0 Å². The SMILES string of the molecule is CC.CC.Cc1nc2ccccc2s1. The fourth-order valence-corrected chi connectivity index (χ4v) is 1.81. The maximum Gasteiger partial charge on any atom is 0.0907 e. The first-order valence-corrected chi connectivity index (χ1v) is 6.00. The number of thiazole rings is 1. The van der Waals surface area contributed by atoms with Crippen molar-refractivity contribution >= 4 is 21.6 Å². The van der Waals surface area contributed by atoms with Crippen molar-refractivity contribution < 1.29 is 0 Å². The maximum absolute atomic E-state index is 4.33. The Morgan fingerprint density at radius 1 is 1.00 bits per heavy atom. The van der Waals surface area contributed by atoms with Crippen LogP contribution in [-0.2, 0) is 0 Å². The van der Waals surface area contributed by atoms with Crippen LogP contribution in [0.3, 0.4) is 0 Å². The highest BCUT2D eigenvalue weighted by molar-refractivity contribution is 7.18. The van der Waals surface area contributed by atoms with Gasteiger partial charge in [-0.2, -0.15) is 0 Å². The van der Waals surface area contributed by atoms with E-state index in [-0.39, 0.29) is 0 Å². The van der Waals surface area contributed by atoms with Gasteiger partial charge in [0.05, 0.1) is 15.2 Å². The zero-order chi connectivity index (χ0) is 11.0. The van der Waals surface area contributed by atoms with Gasteiger partial charge in [-0.3, -0.25) is 0 Å². The first-order valence-electron chi connectivity index (χ1n) is 5.18. The number of rotatable bonds is 0. The third kappa shape index (κ3) is 3.46. The molecule has 0 fully saturated rings. The number of para-hydroxylation sites is 1. The lowest BCUT2D eigenvalue weighted by atomic mass is 10.3. The Kier molecular flexibility index (Phi) is 7.03. The van der Waals surface area contributed by atoms with E-state index in [1.807, 2.05) is 52.8 Å². The van der Waals surface area contributed by atoms with E-state index in [9.17, 15) is 0 Å². The second kappa shape index (κ2) is 7.51. The summed E-state index contributed by atoms with van der Waals surface area (Å²) < 4.78 is 1.28. The second-order valence-electron chi connectivity index (χ2n) is 2.20. The van der Waals surface area contributed by atoms with Gasteiger partial charge in [-0.15, -0.1) is 11.3 Å². The van der Waals surface area contributed by atoms with Crippen molar-refractivity contribution in [2.24, 2.45) is 0 Å². The first kappa shape index (κ1) is 13.1. The molecule has 14 heavy (non-hydrogen) atoms. The van der Waals surface area contributed by atoms with E-state index in [0.717, 1.165) is 10.5 Å². The van der Waals surface area contributed by atoms with E-state index in [4.69, 9.17) is 0 Å². The van der Waals surface area contributed by atoms with Crippen molar-refractivity contribution in [3.05, 3.63) is 29.3 Å². The molecule has 2 aromatic rings. The molecule has 0 amide bonds. The van der Waals surface area contributed by atoms with Crippen LogP contribution in [0.1, 0.15) is 32.7 Å². The molecule has 2 rings (SSSR count). The lowest BCUT2D eigenvalue weighted by molar-refractivity contribution is 1.35. The fourth-order valence-electron chi connectivity index (χ4n) is 0.987. The van der Waals surface area contributed by atoms with Gasteiger partial charge < -0.3 is 0 Å². The normalized spacial score (nSPS) is 8.36. The molecule has 1 aromatic carbocycles. The molecular weight excluding hydrogens is 190 g/mol. The average Bonchev–Trinajstić information content (AvgIpc) is 2.64. The molecule has 0 aliphatic heterocycles. The number of nitrogens with zero attached hydrogens (tertiary/aromatic N) is 1. The Labute approximate surface area is 90.8 Å². The quantitative estimate of drug-likeness (QED) is 0.615. The number of hydrogen-bond donors (Lipinski definition) is 0. The summed E-state index contributed by atoms with van der Waals surface area (Å²) in [5, 5.41) is 1.14. The number of aryl methyl sites for hydroxylation is 1. The Bertz CT molecular complexity index is 319. The summed E-state index contributed by atoms with van der Waals surface area (Å²) in [5.74, 6) is 0. The van der Waals surface area contributed by atoms with E-state index < -0.39 is 0 Å². The molecule has 0 aliphatic carbocycles. The molecule has 0 atom stereocenters. The molecule has 1 aromatic heterocycles. The molecule has 1 nitrogen and oxygen atoms in total. The molecule has 0 unspecified atom stereocenters. The molecule has 78 valence electrons. The lowest BCUT2D eigenvalue weighted by Gasteiger charge is -1.80. The molecule has 1 heterocycles. The minimum absolute atomic E-state index is 1.12. The molecular formula is C12H19NS. The van der Waals surface area contributed by atoms with E-state index in [1.54, 1.807) is 11.3 Å². The number of aromatic nitrogens is 1. The van der Waals surface area contributed by atoms with Crippen LogP contribution in [0, 0.1) is 6.92 Å². The minimum Gasteiger partial charge on any atom is -0.242 e. The van der Waals surface area contributed by atoms with E-state index >= 15 is 0 Å².